The van der Waals surface area contributed by atoms with Crippen molar-refractivity contribution in [3.8, 4) is 0 Å². The van der Waals surface area contributed by atoms with Crippen molar-refractivity contribution in [1.82, 2.24) is 4.72 Å². The molecule has 0 aliphatic heterocycles. The van der Waals surface area contributed by atoms with Gasteiger partial charge in [0, 0.05) is 18.5 Å². The van der Waals surface area contributed by atoms with Crippen LogP contribution in [0.5, 0.6) is 0 Å². The van der Waals surface area contributed by atoms with E-state index in [1.54, 1.807) is 0 Å². The number of nitrogens with one attached hydrogen (secondary N) is 1. The van der Waals surface area contributed by atoms with E-state index in [2.05, 4.69) is 4.72 Å². The number of hydrogen-bond acceptors (Lipinski definition) is 4. The molecule has 18 heavy (non-hydrogen) atoms. The third-order valence-electron chi connectivity index (χ3n) is 3.30. The van der Waals surface area contributed by atoms with E-state index in [0.29, 0.717) is 0 Å². The standard InChI is InChI=1S/C11H22N2O4S/c12-11(6-2-1-3-7-11)9-13-18(16,17)8-4-5-10(14)15/h13H,1-9,12H2,(H,14,15). The van der Waals surface area contributed by atoms with E-state index in [1.165, 1.54) is 0 Å². The first-order chi connectivity index (χ1) is 8.33. The van der Waals surface area contributed by atoms with Crippen LogP contribution in [0, 0.1) is 0 Å². The first-order valence-electron chi connectivity index (χ1n) is 6.31. The van der Waals surface area contributed by atoms with Gasteiger partial charge >= 0.3 is 5.97 Å². The highest BCUT2D eigenvalue weighted by atomic mass is 32.2. The van der Waals surface area contributed by atoms with Crippen molar-refractivity contribution in [2.75, 3.05) is 12.3 Å². The molecule has 0 radical (unpaired) electrons. The van der Waals surface area contributed by atoms with Gasteiger partial charge in [0.25, 0.3) is 0 Å². The van der Waals surface area contributed by atoms with Crippen molar-refractivity contribution in [2.45, 2.75) is 50.5 Å². The van der Waals surface area contributed by atoms with Crippen LogP contribution in [0.4, 0.5) is 0 Å². The predicted molar refractivity (Wildman–Crippen MR) is 68.7 cm³/mol. The maximum absolute atomic E-state index is 11.6. The molecule has 0 amide bonds. The van der Waals surface area contributed by atoms with Crippen LogP contribution in [-0.4, -0.2) is 37.3 Å². The summed E-state index contributed by atoms with van der Waals surface area (Å²) in [6.07, 6.45) is 4.91. The lowest BCUT2D eigenvalue weighted by atomic mass is 9.83. The Morgan fingerprint density at radius 2 is 1.89 bits per heavy atom. The van der Waals surface area contributed by atoms with Crippen molar-refractivity contribution in [2.24, 2.45) is 5.73 Å². The average Bonchev–Trinajstić information content (AvgIpc) is 2.27. The van der Waals surface area contributed by atoms with Crippen LogP contribution in [0.3, 0.4) is 0 Å². The second-order valence-electron chi connectivity index (χ2n) is 5.06. The molecule has 1 fully saturated rings. The molecule has 0 spiro atoms. The van der Waals surface area contributed by atoms with E-state index in [4.69, 9.17) is 10.8 Å². The Morgan fingerprint density at radius 3 is 2.44 bits per heavy atom. The molecule has 0 bridgehead atoms. The number of sulfonamides is 1. The number of rotatable bonds is 7. The Labute approximate surface area is 108 Å². The first-order valence-corrected chi connectivity index (χ1v) is 7.96. The Morgan fingerprint density at radius 1 is 1.28 bits per heavy atom. The fourth-order valence-electron chi connectivity index (χ4n) is 2.17. The van der Waals surface area contributed by atoms with Crippen LogP contribution in [0.1, 0.15) is 44.9 Å². The molecule has 0 aromatic heterocycles. The molecule has 0 atom stereocenters. The lowest BCUT2D eigenvalue weighted by Crippen LogP contribution is -2.51. The maximum atomic E-state index is 11.6. The fourth-order valence-corrected chi connectivity index (χ4v) is 3.35. The van der Waals surface area contributed by atoms with E-state index in [9.17, 15) is 13.2 Å². The van der Waals surface area contributed by atoms with Crippen LogP contribution in [-0.2, 0) is 14.8 Å². The fraction of sp³-hybridized carbons (Fsp3) is 0.909. The Balaban J connectivity index is 2.34. The average molecular weight is 278 g/mol. The minimum absolute atomic E-state index is 0.127. The lowest BCUT2D eigenvalue weighted by Gasteiger charge is -2.33. The summed E-state index contributed by atoms with van der Waals surface area (Å²) in [5, 5.41) is 8.45. The summed E-state index contributed by atoms with van der Waals surface area (Å²) in [6.45, 7) is 0.252. The summed E-state index contributed by atoms with van der Waals surface area (Å²) in [5.41, 5.74) is 5.69. The lowest BCUT2D eigenvalue weighted by molar-refractivity contribution is -0.137. The Bertz CT molecular complexity index is 375. The molecule has 0 aromatic carbocycles. The second kappa shape index (κ2) is 6.49. The van der Waals surface area contributed by atoms with Crippen LogP contribution < -0.4 is 10.5 Å². The third-order valence-corrected chi connectivity index (χ3v) is 4.71. The van der Waals surface area contributed by atoms with E-state index in [0.717, 1.165) is 32.1 Å². The summed E-state index contributed by atoms with van der Waals surface area (Å²) in [6, 6.07) is 0. The molecule has 1 rings (SSSR count). The van der Waals surface area contributed by atoms with Crippen molar-refractivity contribution in [3.05, 3.63) is 0 Å². The molecule has 0 unspecified atom stereocenters. The quantitative estimate of drug-likeness (QED) is 0.625. The van der Waals surface area contributed by atoms with E-state index in [1.807, 2.05) is 0 Å². The van der Waals surface area contributed by atoms with Crippen molar-refractivity contribution in [1.29, 1.82) is 0 Å². The highest BCUT2D eigenvalue weighted by Crippen LogP contribution is 2.25. The number of carboxylic acids is 1. The van der Waals surface area contributed by atoms with Crippen molar-refractivity contribution < 1.29 is 18.3 Å². The van der Waals surface area contributed by atoms with Gasteiger partial charge in [-0.2, -0.15) is 0 Å². The molecule has 7 heteroatoms. The summed E-state index contributed by atoms with van der Waals surface area (Å²) < 4.78 is 25.8. The molecule has 1 aliphatic carbocycles. The number of carbonyl (C=O) groups is 1. The third kappa shape index (κ3) is 5.79. The van der Waals surface area contributed by atoms with Crippen LogP contribution in [0.2, 0.25) is 0 Å². The summed E-state index contributed by atoms with van der Waals surface area (Å²) >= 11 is 0. The first kappa shape index (κ1) is 15.4. The second-order valence-corrected chi connectivity index (χ2v) is 6.99. The van der Waals surface area contributed by atoms with Gasteiger partial charge in [-0.15, -0.1) is 0 Å². The molecule has 106 valence electrons. The van der Waals surface area contributed by atoms with Gasteiger partial charge in [-0.25, -0.2) is 13.1 Å². The summed E-state index contributed by atoms with van der Waals surface area (Å²) in [7, 11) is -3.41. The number of aliphatic carboxylic acids is 1. The van der Waals surface area contributed by atoms with Crippen LogP contribution >= 0.6 is 0 Å². The van der Waals surface area contributed by atoms with Gasteiger partial charge in [-0.1, -0.05) is 19.3 Å². The topological polar surface area (TPSA) is 109 Å². The maximum Gasteiger partial charge on any atom is 0.303 e. The van der Waals surface area contributed by atoms with Gasteiger partial charge in [0.05, 0.1) is 5.75 Å². The molecule has 1 aliphatic rings. The highest BCUT2D eigenvalue weighted by molar-refractivity contribution is 7.89. The molecule has 0 aromatic rings. The smallest absolute Gasteiger partial charge is 0.303 e. The Kier molecular flexibility index (Phi) is 5.55. The van der Waals surface area contributed by atoms with Crippen molar-refractivity contribution >= 4 is 16.0 Å². The van der Waals surface area contributed by atoms with Crippen LogP contribution in [0.25, 0.3) is 0 Å². The largest absolute Gasteiger partial charge is 0.481 e. The summed E-state index contributed by atoms with van der Waals surface area (Å²) in [5.74, 6) is -1.14. The monoisotopic (exact) mass is 278 g/mol. The van der Waals surface area contributed by atoms with Crippen LogP contribution in [0.15, 0.2) is 0 Å². The van der Waals surface area contributed by atoms with Gasteiger partial charge in [-0.3, -0.25) is 4.79 Å². The molecular weight excluding hydrogens is 256 g/mol. The minimum atomic E-state index is -3.41. The zero-order chi connectivity index (χ0) is 13.6. The van der Waals surface area contributed by atoms with Gasteiger partial charge in [-0.05, 0) is 19.3 Å². The van der Waals surface area contributed by atoms with Crippen molar-refractivity contribution in [3.63, 3.8) is 0 Å². The van der Waals surface area contributed by atoms with Gasteiger partial charge in [0.1, 0.15) is 0 Å². The molecular formula is C11H22N2O4S. The highest BCUT2D eigenvalue weighted by Gasteiger charge is 2.28. The minimum Gasteiger partial charge on any atom is -0.481 e. The molecule has 6 nitrogen and oxygen atoms in total. The number of hydrogen-bond donors (Lipinski definition) is 3. The normalized spacial score (nSPS) is 19.6. The zero-order valence-corrected chi connectivity index (χ0v) is 11.3. The van der Waals surface area contributed by atoms with Gasteiger partial charge < -0.3 is 10.8 Å². The van der Waals surface area contributed by atoms with E-state index in [-0.39, 0.29) is 25.1 Å². The Hall–Kier alpha value is -0.660. The summed E-state index contributed by atoms with van der Waals surface area (Å²) in [4.78, 5) is 10.3. The molecule has 4 N–H and O–H groups in total. The molecule has 0 saturated heterocycles. The predicted octanol–water partition coefficient (Wildman–Crippen LogP) is 0.432. The number of carboxylic acid groups (broad SMARTS) is 1. The zero-order valence-electron chi connectivity index (χ0n) is 10.5. The molecule has 1 saturated carbocycles. The van der Waals surface area contributed by atoms with E-state index >= 15 is 0 Å². The molecule has 0 heterocycles. The number of nitrogens with two attached hydrogens (primary N) is 1. The van der Waals surface area contributed by atoms with E-state index < -0.39 is 21.5 Å². The van der Waals surface area contributed by atoms with Gasteiger partial charge in [0.2, 0.25) is 10.0 Å². The van der Waals surface area contributed by atoms with Gasteiger partial charge in [0.15, 0.2) is 0 Å². The SMILES string of the molecule is NC1(CNS(=O)(=O)CCCC(=O)O)CCCCC1.